The smallest absolute Gasteiger partial charge is 0.0638 e. The summed E-state index contributed by atoms with van der Waals surface area (Å²) in [6.07, 6.45) is 4.64. The minimum absolute atomic E-state index is 0.518. The third-order valence-corrected chi connectivity index (χ3v) is 4.46. The first kappa shape index (κ1) is 15.9. The molecular weight excluding hydrogens is 336 g/mol. The van der Waals surface area contributed by atoms with Crippen LogP contribution in [0.4, 0.5) is 5.69 Å². The Kier molecular flexibility index (Phi) is 5.94. The van der Waals surface area contributed by atoms with Gasteiger partial charge in [-0.2, -0.15) is 0 Å². The van der Waals surface area contributed by atoms with E-state index in [4.69, 9.17) is 11.6 Å². The Hall–Kier alpha value is -0.510. The van der Waals surface area contributed by atoms with Gasteiger partial charge in [-0.05, 0) is 44.9 Å². The molecule has 0 spiro atoms. The highest BCUT2D eigenvalue weighted by molar-refractivity contribution is 9.10. The van der Waals surface area contributed by atoms with Crippen LogP contribution in [0, 0.1) is 0 Å². The molecule has 0 aromatic heterocycles. The van der Waals surface area contributed by atoms with E-state index >= 15 is 0 Å². The van der Waals surface area contributed by atoms with Gasteiger partial charge in [0, 0.05) is 30.1 Å². The molecule has 0 radical (unpaired) electrons. The molecule has 20 heavy (non-hydrogen) atoms. The van der Waals surface area contributed by atoms with Crippen molar-refractivity contribution >= 4 is 33.2 Å². The standard InChI is InChI=1S/C16H22BrClN2/c1-12(2)5-8-20-9-6-14(7-10-20)19-16-11-13(17)3-4-15(16)18/h3-5,11,14,19H,6-10H2,1-2H3. The van der Waals surface area contributed by atoms with Crippen molar-refractivity contribution in [1.29, 1.82) is 0 Å². The molecule has 0 atom stereocenters. The number of nitrogens with zero attached hydrogens (tertiary/aromatic N) is 1. The van der Waals surface area contributed by atoms with Crippen LogP contribution in [0.5, 0.6) is 0 Å². The fourth-order valence-electron chi connectivity index (χ4n) is 2.40. The largest absolute Gasteiger partial charge is 0.381 e. The van der Waals surface area contributed by atoms with Crippen LogP contribution in [0.1, 0.15) is 26.7 Å². The van der Waals surface area contributed by atoms with Gasteiger partial charge in [0.1, 0.15) is 0 Å². The highest BCUT2D eigenvalue weighted by atomic mass is 79.9. The molecule has 2 nitrogen and oxygen atoms in total. The Morgan fingerprint density at radius 3 is 2.75 bits per heavy atom. The molecule has 1 N–H and O–H groups in total. The maximum Gasteiger partial charge on any atom is 0.0638 e. The Labute approximate surface area is 135 Å². The predicted molar refractivity (Wildman–Crippen MR) is 91.7 cm³/mol. The summed E-state index contributed by atoms with van der Waals surface area (Å²) in [5.41, 5.74) is 2.43. The lowest BCUT2D eigenvalue weighted by molar-refractivity contribution is 0.240. The Morgan fingerprint density at radius 2 is 2.10 bits per heavy atom. The van der Waals surface area contributed by atoms with E-state index in [-0.39, 0.29) is 0 Å². The molecule has 0 amide bonds. The second-order valence-electron chi connectivity index (χ2n) is 5.62. The molecule has 0 aliphatic carbocycles. The zero-order valence-corrected chi connectivity index (χ0v) is 14.5. The molecule has 110 valence electrons. The lowest BCUT2D eigenvalue weighted by atomic mass is 10.0. The second-order valence-corrected chi connectivity index (χ2v) is 6.95. The third-order valence-electron chi connectivity index (χ3n) is 3.63. The first-order valence-corrected chi connectivity index (χ1v) is 8.29. The van der Waals surface area contributed by atoms with Crippen molar-refractivity contribution in [2.45, 2.75) is 32.7 Å². The fourth-order valence-corrected chi connectivity index (χ4v) is 2.93. The summed E-state index contributed by atoms with van der Waals surface area (Å²) < 4.78 is 1.06. The Morgan fingerprint density at radius 1 is 1.40 bits per heavy atom. The molecule has 1 fully saturated rings. The van der Waals surface area contributed by atoms with Gasteiger partial charge in [0.25, 0.3) is 0 Å². The molecule has 2 rings (SSSR count). The van der Waals surface area contributed by atoms with E-state index in [1.54, 1.807) is 0 Å². The number of allylic oxidation sites excluding steroid dienone is 1. The van der Waals surface area contributed by atoms with E-state index in [1.165, 1.54) is 18.4 Å². The van der Waals surface area contributed by atoms with Gasteiger partial charge in [-0.3, -0.25) is 4.90 Å². The van der Waals surface area contributed by atoms with Crippen molar-refractivity contribution in [1.82, 2.24) is 4.90 Å². The summed E-state index contributed by atoms with van der Waals surface area (Å²) in [5, 5.41) is 4.36. The van der Waals surface area contributed by atoms with E-state index in [9.17, 15) is 0 Å². The summed E-state index contributed by atoms with van der Waals surface area (Å²) in [6.45, 7) is 7.68. The molecule has 1 heterocycles. The number of hydrogen-bond donors (Lipinski definition) is 1. The van der Waals surface area contributed by atoms with E-state index < -0.39 is 0 Å². The lowest BCUT2D eigenvalue weighted by Gasteiger charge is -2.32. The average Bonchev–Trinajstić information content (AvgIpc) is 2.42. The van der Waals surface area contributed by atoms with Crippen molar-refractivity contribution in [3.63, 3.8) is 0 Å². The minimum Gasteiger partial charge on any atom is -0.381 e. The van der Waals surface area contributed by atoms with Crippen molar-refractivity contribution in [3.8, 4) is 0 Å². The fraction of sp³-hybridized carbons (Fsp3) is 0.500. The number of benzene rings is 1. The molecular formula is C16H22BrClN2. The average molecular weight is 358 g/mol. The SMILES string of the molecule is CC(C)=CCN1CCC(Nc2cc(Br)ccc2Cl)CC1. The molecule has 1 aromatic carbocycles. The van der Waals surface area contributed by atoms with Gasteiger partial charge in [0.2, 0.25) is 0 Å². The third kappa shape index (κ3) is 4.80. The second kappa shape index (κ2) is 7.48. The van der Waals surface area contributed by atoms with Crippen molar-refractivity contribution in [2.75, 3.05) is 25.0 Å². The molecule has 1 saturated heterocycles. The molecule has 0 unspecified atom stereocenters. The van der Waals surface area contributed by atoms with Gasteiger partial charge in [-0.1, -0.05) is 39.2 Å². The zero-order chi connectivity index (χ0) is 14.5. The number of nitrogens with one attached hydrogen (secondary N) is 1. The van der Waals surface area contributed by atoms with Gasteiger partial charge in [-0.15, -0.1) is 0 Å². The van der Waals surface area contributed by atoms with E-state index in [0.717, 1.165) is 34.8 Å². The Balaban J connectivity index is 1.85. The molecule has 1 aromatic rings. The van der Waals surface area contributed by atoms with Crippen molar-refractivity contribution in [2.24, 2.45) is 0 Å². The van der Waals surface area contributed by atoms with Crippen molar-refractivity contribution < 1.29 is 0 Å². The summed E-state index contributed by atoms with van der Waals surface area (Å²) in [6, 6.07) is 6.47. The quantitative estimate of drug-likeness (QED) is 0.767. The molecule has 1 aliphatic rings. The van der Waals surface area contributed by atoms with Crippen LogP contribution in [0.25, 0.3) is 0 Å². The van der Waals surface area contributed by atoms with Crippen LogP contribution >= 0.6 is 27.5 Å². The van der Waals surface area contributed by atoms with Crippen molar-refractivity contribution in [3.05, 3.63) is 39.3 Å². The van der Waals surface area contributed by atoms with Gasteiger partial charge in [-0.25, -0.2) is 0 Å². The number of piperidine rings is 1. The summed E-state index contributed by atoms with van der Waals surface area (Å²) >= 11 is 9.72. The maximum atomic E-state index is 6.23. The number of anilines is 1. The molecule has 1 aliphatic heterocycles. The highest BCUT2D eigenvalue weighted by Gasteiger charge is 2.18. The minimum atomic E-state index is 0.518. The number of halogens is 2. The van der Waals surface area contributed by atoms with Gasteiger partial charge >= 0.3 is 0 Å². The first-order valence-electron chi connectivity index (χ1n) is 7.12. The van der Waals surface area contributed by atoms with Crippen LogP contribution in [0.15, 0.2) is 34.3 Å². The van der Waals surface area contributed by atoms with Gasteiger partial charge in [0.05, 0.1) is 10.7 Å². The first-order chi connectivity index (χ1) is 9.54. The van der Waals surface area contributed by atoms with Crippen LogP contribution in [0.3, 0.4) is 0 Å². The monoisotopic (exact) mass is 356 g/mol. The van der Waals surface area contributed by atoms with Crippen LogP contribution in [-0.4, -0.2) is 30.6 Å². The van der Waals surface area contributed by atoms with Crippen LogP contribution < -0.4 is 5.32 Å². The predicted octanol–water partition coefficient (Wildman–Crippen LogP) is 4.95. The van der Waals surface area contributed by atoms with Crippen LogP contribution in [0.2, 0.25) is 5.02 Å². The van der Waals surface area contributed by atoms with E-state index in [1.807, 2.05) is 12.1 Å². The summed E-state index contributed by atoms with van der Waals surface area (Å²) in [4.78, 5) is 2.51. The summed E-state index contributed by atoms with van der Waals surface area (Å²) in [5.74, 6) is 0. The molecule has 0 saturated carbocycles. The number of hydrogen-bond acceptors (Lipinski definition) is 2. The zero-order valence-electron chi connectivity index (χ0n) is 12.1. The topological polar surface area (TPSA) is 15.3 Å². The normalized spacial score (nSPS) is 17.0. The van der Waals surface area contributed by atoms with Crippen LogP contribution in [-0.2, 0) is 0 Å². The van der Waals surface area contributed by atoms with Gasteiger partial charge in [0.15, 0.2) is 0 Å². The summed E-state index contributed by atoms with van der Waals surface area (Å²) in [7, 11) is 0. The Bertz CT molecular complexity index is 475. The van der Waals surface area contributed by atoms with E-state index in [0.29, 0.717) is 6.04 Å². The molecule has 4 heteroatoms. The molecule has 0 bridgehead atoms. The highest BCUT2D eigenvalue weighted by Crippen LogP contribution is 2.27. The number of rotatable bonds is 4. The van der Waals surface area contributed by atoms with Gasteiger partial charge < -0.3 is 5.32 Å². The lowest BCUT2D eigenvalue weighted by Crippen LogP contribution is -2.39. The number of likely N-dealkylation sites (tertiary alicyclic amines) is 1. The maximum absolute atomic E-state index is 6.23. The van der Waals surface area contributed by atoms with E-state index in [2.05, 4.69) is 52.1 Å².